The van der Waals surface area contributed by atoms with Crippen molar-refractivity contribution >= 4 is 11.7 Å². The van der Waals surface area contributed by atoms with Crippen LogP contribution in [0.15, 0.2) is 18.3 Å². The van der Waals surface area contributed by atoms with Gasteiger partial charge in [-0.25, -0.2) is 4.79 Å². The third-order valence-electron chi connectivity index (χ3n) is 2.23. The lowest BCUT2D eigenvalue weighted by Gasteiger charge is -2.23. The molecule has 0 spiro atoms. The Morgan fingerprint density at radius 3 is 2.79 bits per heavy atom. The predicted molar refractivity (Wildman–Crippen MR) is 54.5 cm³/mol. The number of nitrogens with zero attached hydrogens (tertiary/aromatic N) is 2. The Kier molecular flexibility index (Phi) is 3.06. The number of carbonyl (C=O) groups is 1. The standard InChI is InChI=1S/C10H14N2O2/c1-7-6-9(4-5-11-7)12(3)8(2)10(13)14/h4-6,8H,1-3H3,(H,13,14). The molecule has 1 rings (SSSR count). The van der Waals surface area contributed by atoms with Crippen molar-refractivity contribution in [2.75, 3.05) is 11.9 Å². The zero-order valence-corrected chi connectivity index (χ0v) is 8.56. The van der Waals surface area contributed by atoms with Gasteiger partial charge in [0.05, 0.1) is 0 Å². The SMILES string of the molecule is Cc1cc(N(C)C(C)C(=O)O)ccn1. The number of carboxylic acids is 1. The van der Waals surface area contributed by atoms with E-state index in [0.717, 1.165) is 11.4 Å². The van der Waals surface area contributed by atoms with E-state index in [2.05, 4.69) is 4.98 Å². The molecule has 1 N–H and O–H groups in total. The van der Waals surface area contributed by atoms with Crippen LogP contribution in [-0.2, 0) is 4.79 Å². The lowest BCUT2D eigenvalue weighted by molar-refractivity contribution is -0.138. The molecule has 1 unspecified atom stereocenters. The summed E-state index contributed by atoms with van der Waals surface area (Å²) in [5.74, 6) is -0.832. The molecule has 0 aliphatic carbocycles. The molecule has 1 atom stereocenters. The van der Waals surface area contributed by atoms with Crippen LogP contribution < -0.4 is 4.90 Å². The Hall–Kier alpha value is -1.58. The molecule has 1 heterocycles. The van der Waals surface area contributed by atoms with Crippen LogP contribution in [0.3, 0.4) is 0 Å². The van der Waals surface area contributed by atoms with Crippen molar-refractivity contribution in [1.82, 2.24) is 4.98 Å². The molecule has 0 bridgehead atoms. The fourth-order valence-corrected chi connectivity index (χ4v) is 1.14. The molecular formula is C10H14N2O2. The van der Waals surface area contributed by atoms with Gasteiger partial charge in [0.1, 0.15) is 6.04 Å². The van der Waals surface area contributed by atoms with Gasteiger partial charge in [-0.1, -0.05) is 0 Å². The zero-order chi connectivity index (χ0) is 10.7. The fourth-order valence-electron chi connectivity index (χ4n) is 1.14. The normalized spacial score (nSPS) is 12.2. The maximum Gasteiger partial charge on any atom is 0.326 e. The van der Waals surface area contributed by atoms with Crippen LogP contribution in [0.5, 0.6) is 0 Å². The number of hydrogen-bond donors (Lipinski definition) is 1. The van der Waals surface area contributed by atoms with Gasteiger partial charge in [0, 0.05) is 24.6 Å². The van der Waals surface area contributed by atoms with Crippen LogP contribution in [0.25, 0.3) is 0 Å². The minimum absolute atomic E-state index is 0.531. The van der Waals surface area contributed by atoms with E-state index < -0.39 is 12.0 Å². The van der Waals surface area contributed by atoms with Crippen molar-refractivity contribution in [3.05, 3.63) is 24.0 Å². The molecule has 0 aliphatic heterocycles. The highest BCUT2D eigenvalue weighted by atomic mass is 16.4. The van der Waals surface area contributed by atoms with Gasteiger partial charge in [0.15, 0.2) is 0 Å². The first-order valence-electron chi connectivity index (χ1n) is 4.40. The first-order valence-corrected chi connectivity index (χ1v) is 4.40. The third-order valence-corrected chi connectivity index (χ3v) is 2.23. The molecule has 0 aromatic carbocycles. The first-order chi connectivity index (χ1) is 6.52. The van der Waals surface area contributed by atoms with E-state index in [4.69, 9.17) is 5.11 Å². The number of carboxylic acid groups (broad SMARTS) is 1. The van der Waals surface area contributed by atoms with Gasteiger partial charge in [-0.05, 0) is 26.0 Å². The van der Waals surface area contributed by atoms with E-state index in [9.17, 15) is 4.79 Å². The van der Waals surface area contributed by atoms with E-state index in [-0.39, 0.29) is 0 Å². The summed E-state index contributed by atoms with van der Waals surface area (Å²) in [4.78, 5) is 16.5. The molecule has 0 radical (unpaired) electrons. The van der Waals surface area contributed by atoms with Crippen molar-refractivity contribution in [2.45, 2.75) is 19.9 Å². The molecule has 76 valence electrons. The summed E-state index contributed by atoms with van der Waals surface area (Å²) in [5, 5.41) is 8.83. The Morgan fingerprint density at radius 1 is 1.64 bits per heavy atom. The van der Waals surface area contributed by atoms with E-state index >= 15 is 0 Å². The Bertz CT molecular complexity index is 339. The molecule has 0 aliphatic rings. The monoisotopic (exact) mass is 194 g/mol. The average Bonchev–Trinajstić information content (AvgIpc) is 2.15. The second kappa shape index (κ2) is 4.09. The molecule has 0 saturated carbocycles. The van der Waals surface area contributed by atoms with E-state index in [1.54, 1.807) is 31.1 Å². The van der Waals surface area contributed by atoms with Crippen molar-refractivity contribution in [1.29, 1.82) is 0 Å². The maximum atomic E-state index is 10.7. The molecule has 14 heavy (non-hydrogen) atoms. The largest absolute Gasteiger partial charge is 0.480 e. The number of likely N-dealkylation sites (N-methyl/N-ethyl adjacent to an activating group) is 1. The van der Waals surface area contributed by atoms with Gasteiger partial charge in [0.25, 0.3) is 0 Å². The van der Waals surface area contributed by atoms with Crippen LogP contribution in [0.4, 0.5) is 5.69 Å². The third kappa shape index (κ3) is 2.22. The molecule has 4 heteroatoms. The molecule has 0 fully saturated rings. The fraction of sp³-hybridized carbons (Fsp3) is 0.400. The predicted octanol–water partition coefficient (Wildman–Crippen LogP) is 1.30. The number of rotatable bonds is 3. The molecular weight excluding hydrogens is 180 g/mol. The number of aromatic nitrogens is 1. The van der Waals surface area contributed by atoms with Gasteiger partial charge in [-0.2, -0.15) is 0 Å². The number of aryl methyl sites for hydroxylation is 1. The van der Waals surface area contributed by atoms with Crippen molar-refractivity contribution in [2.24, 2.45) is 0 Å². The average molecular weight is 194 g/mol. The van der Waals surface area contributed by atoms with Crippen LogP contribution in [0, 0.1) is 6.92 Å². The minimum atomic E-state index is -0.832. The summed E-state index contributed by atoms with van der Waals surface area (Å²) in [6.07, 6.45) is 1.68. The second-order valence-corrected chi connectivity index (χ2v) is 3.28. The summed E-state index contributed by atoms with van der Waals surface area (Å²) < 4.78 is 0. The number of aliphatic carboxylic acids is 1. The highest BCUT2D eigenvalue weighted by Gasteiger charge is 2.16. The van der Waals surface area contributed by atoms with Crippen LogP contribution in [0.2, 0.25) is 0 Å². The minimum Gasteiger partial charge on any atom is -0.480 e. The van der Waals surface area contributed by atoms with Crippen LogP contribution >= 0.6 is 0 Å². The second-order valence-electron chi connectivity index (χ2n) is 3.28. The van der Waals surface area contributed by atoms with E-state index in [1.807, 2.05) is 13.0 Å². The van der Waals surface area contributed by atoms with Gasteiger partial charge in [-0.15, -0.1) is 0 Å². The zero-order valence-electron chi connectivity index (χ0n) is 8.56. The summed E-state index contributed by atoms with van der Waals surface area (Å²) in [6.45, 7) is 3.53. The lowest BCUT2D eigenvalue weighted by Crippen LogP contribution is -2.35. The van der Waals surface area contributed by atoms with Gasteiger partial charge in [-0.3, -0.25) is 4.98 Å². The molecule has 0 amide bonds. The van der Waals surface area contributed by atoms with Gasteiger partial charge in [0.2, 0.25) is 0 Å². The van der Waals surface area contributed by atoms with Crippen LogP contribution in [-0.4, -0.2) is 29.1 Å². The summed E-state index contributed by atoms with van der Waals surface area (Å²) >= 11 is 0. The quantitative estimate of drug-likeness (QED) is 0.788. The summed E-state index contributed by atoms with van der Waals surface area (Å²) in [5.41, 5.74) is 1.75. The van der Waals surface area contributed by atoms with Gasteiger partial charge < -0.3 is 10.0 Å². The Morgan fingerprint density at radius 2 is 2.29 bits per heavy atom. The van der Waals surface area contributed by atoms with Crippen LogP contribution in [0.1, 0.15) is 12.6 Å². The summed E-state index contributed by atoms with van der Waals surface area (Å²) in [7, 11) is 1.76. The maximum absolute atomic E-state index is 10.7. The Labute approximate surface area is 83.2 Å². The van der Waals surface area contributed by atoms with E-state index in [0.29, 0.717) is 0 Å². The van der Waals surface area contributed by atoms with Crippen molar-refractivity contribution in [3.63, 3.8) is 0 Å². The molecule has 1 aromatic heterocycles. The summed E-state index contributed by atoms with van der Waals surface area (Å²) in [6, 6.07) is 3.13. The van der Waals surface area contributed by atoms with E-state index in [1.165, 1.54) is 0 Å². The van der Waals surface area contributed by atoms with Gasteiger partial charge >= 0.3 is 5.97 Å². The lowest BCUT2D eigenvalue weighted by atomic mass is 10.2. The number of anilines is 1. The van der Waals surface area contributed by atoms with Crippen molar-refractivity contribution in [3.8, 4) is 0 Å². The number of pyridine rings is 1. The molecule has 1 aromatic rings. The topological polar surface area (TPSA) is 53.4 Å². The van der Waals surface area contributed by atoms with Crippen molar-refractivity contribution < 1.29 is 9.90 Å². The first kappa shape index (κ1) is 10.5. The highest BCUT2D eigenvalue weighted by molar-refractivity contribution is 5.77. The smallest absolute Gasteiger partial charge is 0.326 e. The number of hydrogen-bond acceptors (Lipinski definition) is 3. The Balaban J connectivity index is 2.89. The molecule has 0 saturated heterocycles. The highest BCUT2D eigenvalue weighted by Crippen LogP contribution is 2.14. The molecule has 4 nitrogen and oxygen atoms in total.